The van der Waals surface area contributed by atoms with E-state index in [-0.39, 0.29) is 22.7 Å². The Hall–Kier alpha value is -2.93. The smallest absolute Gasteiger partial charge is 0.335 e. The van der Waals surface area contributed by atoms with Crippen molar-refractivity contribution in [3.8, 4) is 5.75 Å². The highest BCUT2D eigenvalue weighted by molar-refractivity contribution is 7.80. The summed E-state index contributed by atoms with van der Waals surface area (Å²) in [5.74, 6) is -0.749. The van der Waals surface area contributed by atoms with Crippen molar-refractivity contribution in [2.75, 3.05) is 5.32 Å². The molecule has 26 heavy (non-hydrogen) atoms. The molecule has 0 heterocycles. The minimum atomic E-state index is -1.01. The van der Waals surface area contributed by atoms with Crippen LogP contribution in [0.1, 0.15) is 41.0 Å². The normalized spacial score (nSPS) is 11.3. The zero-order valence-corrected chi connectivity index (χ0v) is 15.3. The predicted octanol–water partition coefficient (Wildman–Crippen LogP) is 3.69. The number of aromatic carboxylic acids is 1. The Morgan fingerprint density at radius 1 is 1.15 bits per heavy atom. The van der Waals surface area contributed by atoms with Crippen LogP contribution in [0.5, 0.6) is 5.75 Å². The fourth-order valence-electron chi connectivity index (χ4n) is 2.06. The molecule has 1 atom stereocenters. The minimum absolute atomic E-state index is 0.0600. The zero-order valence-electron chi connectivity index (χ0n) is 14.5. The lowest BCUT2D eigenvalue weighted by Gasteiger charge is -2.14. The number of hydrogen-bond acceptors (Lipinski definition) is 4. The molecule has 0 radical (unpaired) electrons. The lowest BCUT2D eigenvalue weighted by Crippen LogP contribution is -2.34. The highest BCUT2D eigenvalue weighted by Gasteiger charge is 2.10. The number of carboxylic acids is 1. The van der Waals surface area contributed by atoms with Crippen LogP contribution in [0, 0.1) is 0 Å². The Labute approximate surface area is 157 Å². The van der Waals surface area contributed by atoms with Crippen LogP contribution < -0.4 is 15.4 Å². The minimum Gasteiger partial charge on any atom is -0.491 e. The number of rotatable bonds is 6. The number of carbonyl (C=O) groups excluding carboxylic acids is 1. The average Bonchev–Trinajstić information content (AvgIpc) is 2.62. The monoisotopic (exact) mass is 372 g/mol. The van der Waals surface area contributed by atoms with Crippen LogP contribution in [0.15, 0.2) is 48.5 Å². The van der Waals surface area contributed by atoms with Gasteiger partial charge in [-0.3, -0.25) is 10.1 Å². The van der Waals surface area contributed by atoms with E-state index < -0.39 is 5.97 Å². The molecule has 2 aromatic rings. The molecule has 0 aliphatic heterocycles. The number of thiocarbonyl (C=S) groups is 1. The Morgan fingerprint density at radius 3 is 2.46 bits per heavy atom. The van der Waals surface area contributed by atoms with Crippen LogP contribution in [-0.2, 0) is 0 Å². The zero-order chi connectivity index (χ0) is 19.1. The Bertz CT molecular complexity index is 805. The van der Waals surface area contributed by atoms with Gasteiger partial charge in [-0.05, 0) is 68.0 Å². The quantitative estimate of drug-likeness (QED) is 0.671. The van der Waals surface area contributed by atoms with Gasteiger partial charge in [0.25, 0.3) is 5.91 Å². The molecule has 2 rings (SSSR count). The van der Waals surface area contributed by atoms with Crippen molar-refractivity contribution in [3.05, 3.63) is 59.7 Å². The summed E-state index contributed by atoms with van der Waals surface area (Å²) in [4.78, 5) is 23.2. The number of anilines is 1. The lowest BCUT2D eigenvalue weighted by molar-refractivity contribution is 0.0696. The van der Waals surface area contributed by atoms with E-state index >= 15 is 0 Å². The van der Waals surface area contributed by atoms with Crippen molar-refractivity contribution in [3.63, 3.8) is 0 Å². The lowest BCUT2D eigenvalue weighted by atomic mass is 10.2. The highest BCUT2D eigenvalue weighted by atomic mass is 32.1. The summed E-state index contributed by atoms with van der Waals surface area (Å²) in [5, 5.41) is 14.4. The van der Waals surface area contributed by atoms with E-state index in [1.165, 1.54) is 12.1 Å². The molecular weight excluding hydrogens is 352 g/mol. The van der Waals surface area contributed by atoms with Gasteiger partial charge in [-0.15, -0.1) is 0 Å². The van der Waals surface area contributed by atoms with Crippen LogP contribution in [0.2, 0.25) is 0 Å². The van der Waals surface area contributed by atoms with E-state index in [1.54, 1.807) is 36.4 Å². The molecule has 0 fully saturated rings. The number of ether oxygens (including phenoxy) is 1. The van der Waals surface area contributed by atoms with Crippen LogP contribution in [0.4, 0.5) is 5.69 Å². The first-order valence-corrected chi connectivity index (χ1v) is 8.52. The molecule has 1 amide bonds. The summed E-state index contributed by atoms with van der Waals surface area (Å²) in [5.41, 5.74) is 1.17. The molecule has 0 saturated carbocycles. The maximum absolute atomic E-state index is 12.3. The Kier molecular flexibility index (Phi) is 6.68. The maximum atomic E-state index is 12.3. The Morgan fingerprint density at radius 2 is 1.85 bits per heavy atom. The molecular formula is C19H20N2O4S. The van der Waals surface area contributed by atoms with Crippen molar-refractivity contribution < 1.29 is 19.4 Å². The summed E-state index contributed by atoms with van der Waals surface area (Å²) < 4.78 is 5.71. The fraction of sp³-hybridized carbons (Fsp3) is 0.211. The second kappa shape index (κ2) is 8.96. The van der Waals surface area contributed by atoms with Gasteiger partial charge >= 0.3 is 5.97 Å². The van der Waals surface area contributed by atoms with Gasteiger partial charge in [-0.1, -0.05) is 13.0 Å². The number of amides is 1. The fourth-order valence-corrected chi connectivity index (χ4v) is 2.27. The van der Waals surface area contributed by atoms with E-state index in [0.29, 0.717) is 17.0 Å². The molecule has 0 bridgehead atoms. The molecule has 1 unspecified atom stereocenters. The molecule has 6 nitrogen and oxygen atoms in total. The van der Waals surface area contributed by atoms with E-state index in [1.807, 2.05) is 13.8 Å². The number of hydrogen-bond donors (Lipinski definition) is 3. The van der Waals surface area contributed by atoms with Crippen molar-refractivity contribution >= 4 is 34.9 Å². The summed E-state index contributed by atoms with van der Waals surface area (Å²) >= 11 is 5.13. The molecule has 136 valence electrons. The maximum Gasteiger partial charge on any atom is 0.335 e. The van der Waals surface area contributed by atoms with Crippen LogP contribution in [0.3, 0.4) is 0 Å². The van der Waals surface area contributed by atoms with Crippen molar-refractivity contribution in [1.82, 2.24) is 5.32 Å². The molecule has 0 aromatic heterocycles. The SMILES string of the molecule is CCC(C)Oc1cccc(C(=O)NC(=S)Nc2ccc(C(=O)O)cc2)c1. The first-order chi connectivity index (χ1) is 12.4. The number of carbonyl (C=O) groups is 2. The van der Waals surface area contributed by atoms with E-state index in [0.717, 1.165) is 6.42 Å². The summed E-state index contributed by atoms with van der Waals surface area (Å²) in [7, 11) is 0. The number of benzene rings is 2. The standard InChI is InChI=1S/C19H20N2O4S/c1-3-12(2)25-16-6-4-5-14(11-16)17(22)21-19(26)20-15-9-7-13(8-10-15)18(23)24/h4-12H,3H2,1-2H3,(H,23,24)(H2,20,21,22,26). The molecule has 2 aromatic carbocycles. The second-order valence-corrected chi connectivity index (χ2v) is 6.06. The van der Waals surface area contributed by atoms with Crippen LogP contribution >= 0.6 is 12.2 Å². The van der Waals surface area contributed by atoms with Gasteiger partial charge in [-0.2, -0.15) is 0 Å². The molecule has 3 N–H and O–H groups in total. The van der Waals surface area contributed by atoms with Gasteiger partial charge in [0.2, 0.25) is 0 Å². The topological polar surface area (TPSA) is 87.7 Å². The summed E-state index contributed by atoms with van der Waals surface area (Å²) in [6.07, 6.45) is 0.926. The highest BCUT2D eigenvalue weighted by Crippen LogP contribution is 2.16. The van der Waals surface area contributed by atoms with Gasteiger partial charge < -0.3 is 15.2 Å². The molecule has 7 heteroatoms. The third kappa shape index (κ3) is 5.56. The van der Waals surface area contributed by atoms with Crippen molar-refractivity contribution in [1.29, 1.82) is 0 Å². The molecule has 0 spiro atoms. The van der Waals surface area contributed by atoms with E-state index in [2.05, 4.69) is 10.6 Å². The van der Waals surface area contributed by atoms with Crippen LogP contribution in [0.25, 0.3) is 0 Å². The third-order valence-corrected chi connectivity index (χ3v) is 3.83. The van der Waals surface area contributed by atoms with Crippen LogP contribution in [-0.4, -0.2) is 28.2 Å². The van der Waals surface area contributed by atoms with Gasteiger partial charge in [-0.25, -0.2) is 4.79 Å². The number of nitrogens with one attached hydrogen (secondary N) is 2. The summed E-state index contributed by atoms with van der Waals surface area (Å²) in [6.45, 7) is 3.98. The van der Waals surface area contributed by atoms with Crippen molar-refractivity contribution in [2.24, 2.45) is 0 Å². The van der Waals surface area contributed by atoms with E-state index in [4.69, 9.17) is 22.1 Å². The largest absolute Gasteiger partial charge is 0.491 e. The second-order valence-electron chi connectivity index (χ2n) is 5.66. The third-order valence-electron chi connectivity index (χ3n) is 3.63. The van der Waals surface area contributed by atoms with Gasteiger partial charge in [0.15, 0.2) is 5.11 Å². The first kappa shape index (κ1) is 19.4. The molecule has 0 saturated heterocycles. The molecule has 0 aliphatic carbocycles. The van der Waals surface area contributed by atoms with Gasteiger partial charge in [0.1, 0.15) is 5.75 Å². The van der Waals surface area contributed by atoms with E-state index in [9.17, 15) is 9.59 Å². The van der Waals surface area contributed by atoms with Gasteiger partial charge in [0, 0.05) is 11.3 Å². The van der Waals surface area contributed by atoms with Crippen molar-refractivity contribution in [2.45, 2.75) is 26.4 Å². The summed E-state index contributed by atoms with van der Waals surface area (Å²) in [6, 6.07) is 12.9. The average molecular weight is 372 g/mol. The number of carboxylic acid groups (broad SMARTS) is 1. The predicted molar refractivity (Wildman–Crippen MR) is 104 cm³/mol. The first-order valence-electron chi connectivity index (χ1n) is 8.11. The van der Waals surface area contributed by atoms with Gasteiger partial charge in [0.05, 0.1) is 11.7 Å². The Balaban J connectivity index is 1.97. The molecule has 0 aliphatic rings.